The molecule has 0 aliphatic rings. The fourth-order valence-corrected chi connectivity index (χ4v) is 1.67. The fraction of sp³-hybridized carbons (Fsp3) is 0.615. The lowest BCUT2D eigenvalue weighted by atomic mass is 10.2. The second kappa shape index (κ2) is 6.48. The molecule has 0 bridgehead atoms. The first-order chi connectivity index (χ1) is 7.69. The molecule has 16 heavy (non-hydrogen) atoms. The molecule has 0 amide bonds. The number of hydrogen-bond acceptors (Lipinski definition) is 3. The molecule has 1 aromatic heterocycles. The monoisotopic (exact) mass is 221 g/mol. The van der Waals surface area contributed by atoms with Gasteiger partial charge in [-0.1, -0.05) is 13.3 Å². The normalized spacial score (nSPS) is 12.5. The standard InChI is InChI=1S/C13H23N3/c1-4-6-9-16(5-2)12-7-8-13(11(3)14)15-10-12/h7-8,10-11H,4-6,9,14H2,1-3H3. The minimum atomic E-state index is 0.0137. The first-order valence-corrected chi connectivity index (χ1v) is 6.15. The predicted octanol–water partition coefficient (Wildman–Crippen LogP) is 2.73. The summed E-state index contributed by atoms with van der Waals surface area (Å²) in [6.45, 7) is 8.47. The van der Waals surface area contributed by atoms with Crippen molar-refractivity contribution in [1.29, 1.82) is 0 Å². The summed E-state index contributed by atoms with van der Waals surface area (Å²) in [4.78, 5) is 6.74. The summed E-state index contributed by atoms with van der Waals surface area (Å²) in [7, 11) is 0. The molecule has 0 saturated carbocycles. The third kappa shape index (κ3) is 3.49. The third-order valence-electron chi connectivity index (χ3n) is 2.77. The van der Waals surface area contributed by atoms with Crippen LogP contribution in [0.1, 0.15) is 45.3 Å². The summed E-state index contributed by atoms with van der Waals surface area (Å²) in [5, 5.41) is 0. The van der Waals surface area contributed by atoms with Crippen molar-refractivity contribution in [3.63, 3.8) is 0 Å². The summed E-state index contributed by atoms with van der Waals surface area (Å²) < 4.78 is 0. The molecule has 2 N–H and O–H groups in total. The summed E-state index contributed by atoms with van der Waals surface area (Å²) >= 11 is 0. The molecule has 3 nitrogen and oxygen atoms in total. The molecule has 1 unspecified atom stereocenters. The Morgan fingerprint density at radius 1 is 1.38 bits per heavy atom. The highest BCUT2D eigenvalue weighted by atomic mass is 15.1. The molecular formula is C13H23N3. The van der Waals surface area contributed by atoms with Crippen LogP contribution in [0.2, 0.25) is 0 Å². The van der Waals surface area contributed by atoms with Crippen LogP contribution in [0.25, 0.3) is 0 Å². The van der Waals surface area contributed by atoms with E-state index in [0.717, 1.165) is 18.8 Å². The molecule has 0 aliphatic heterocycles. The van der Waals surface area contributed by atoms with E-state index in [1.165, 1.54) is 18.5 Å². The zero-order valence-electron chi connectivity index (χ0n) is 10.6. The Bertz CT molecular complexity index is 293. The van der Waals surface area contributed by atoms with Gasteiger partial charge in [-0.2, -0.15) is 0 Å². The Kier molecular flexibility index (Phi) is 5.26. The van der Waals surface area contributed by atoms with Crippen molar-refractivity contribution in [3.8, 4) is 0 Å². The van der Waals surface area contributed by atoms with Crippen LogP contribution in [-0.2, 0) is 0 Å². The number of anilines is 1. The highest BCUT2D eigenvalue weighted by molar-refractivity contribution is 5.44. The van der Waals surface area contributed by atoms with E-state index >= 15 is 0 Å². The molecule has 3 heteroatoms. The Labute approximate surface area is 98.7 Å². The lowest BCUT2D eigenvalue weighted by molar-refractivity contribution is 0.727. The fourth-order valence-electron chi connectivity index (χ4n) is 1.67. The molecule has 0 radical (unpaired) electrons. The second-order valence-electron chi connectivity index (χ2n) is 4.16. The van der Waals surface area contributed by atoms with Gasteiger partial charge in [0.25, 0.3) is 0 Å². The number of aromatic nitrogens is 1. The zero-order chi connectivity index (χ0) is 12.0. The van der Waals surface area contributed by atoms with Gasteiger partial charge in [-0.05, 0) is 32.4 Å². The summed E-state index contributed by atoms with van der Waals surface area (Å²) in [6, 6.07) is 4.15. The lowest BCUT2D eigenvalue weighted by Gasteiger charge is -2.22. The quantitative estimate of drug-likeness (QED) is 0.803. The largest absolute Gasteiger partial charge is 0.371 e. The SMILES string of the molecule is CCCCN(CC)c1ccc(C(C)N)nc1. The molecule has 0 aliphatic carbocycles. The molecule has 1 heterocycles. The molecule has 1 atom stereocenters. The van der Waals surface area contributed by atoms with Crippen LogP contribution in [-0.4, -0.2) is 18.1 Å². The van der Waals surface area contributed by atoms with E-state index in [4.69, 9.17) is 5.73 Å². The van der Waals surface area contributed by atoms with Gasteiger partial charge in [0.15, 0.2) is 0 Å². The minimum absolute atomic E-state index is 0.0137. The van der Waals surface area contributed by atoms with Crippen molar-refractivity contribution >= 4 is 5.69 Å². The van der Waals surface area contributed by atoms with E-state index in [1.807, 2.05) is 19.2 Å². The predicted molar refractivity (Wildman–Crippen MR) is 69.6 cm³/mol. The number of rotatable bonds is 6. The molecule has 0 saturated heterocycles. The van der Waals surface area contributed by atoms with Gasteiger partial charge in [0.05, 0.1) is 17.6 Å². The molecule has 0 aromatic carbocycles. The van der Waals surface area contributed by atoms with Crippen molar-refractivity contribution in [2.45, 2.75) is 39.7 Å². The Morgan fingerprint density at radius 2 is 2.12 bits per heavy atom. The topological polar surface area (TPSA) is 42.1 Å². The molecule has 0 spiro atoms. The van der Waals surface area contributed by atoms with E-state index in [1.54, 1.807) is 0 Å². The van der Waals surface area contributed by atoms with Gasteiger partial charge in [0.1, 0.15) is 0 Å². The maximum absolute atomic E-state index is 5.78. The summed E-state index contributed by atoms with van der Waals surface area (Å²) in [5.41, 5.74) is 7.93. The van der Waals surface area contributed by atoms with E-state index in [0.29, 0.717) is 0 Å². The average Bonchev–Trinajstić information content (AvgIpc) is 2.30. The summed E-state index contributed by atoms with van der Waals surface area (Å²) in [5.74, 6) is 0. The highest BCUT2D eigenvalue weighted by Crippen LogP contribution is 2.15. The van der Waals surface area contributed by atoms with Crippen LogP contribution >= 0.6 is 0 Å². The third-order valence-corrected chi connectivity index (χ3v) is 2.77. The van der Waals surface area contributed by atoms with Crippen LogP contribution in [0.15, 0.2) is 18.3 Å². The second-order valence-corrected chi connectivity index (χ2v) is 4.16. The molecule has 1 rings (SSSR count). The smallest absolute Gasteiger partial charge is 0.0569 e. The molecule has 90 valence electrons. The summed E-state index contributed by atoms with van der Waals surface area (Å²) in [6.07, 6.45) is 4.38. The van der Waals surface area contributed by atoms with Crippen LogP contribution in [0.4, 0.5) is 5.69 Å². The number of nitrogens with two attached hydrogens (primary N) is 1. The molecule has 0 fully saturated rings. The maximum Gasteiger partial charge on any atom is 0.0569 e. The maximum atomic E-state index is 5.78. The van der Waals surface area contributed by atoms with Crippen LogP contribution in [0.5, 0.6) is 0 Å². The van der Waals surface area contributed by atoms with Crippen LogP contribution in [0, 0.1) is 0 Å². The first kappa shape index (κ1) is 13.0. The van der Waals surface area contributed by atoms with Gasteiger partial charge in [-0.25, -0.2) is 0 Å². The number of unbranched alkanes of at least 4 members (excludes halogenated alkanes) is 1. The average molecular weight is 221 g/mol. The Hall–Kier alpha value is -1.09. The van der Waals surface area contributed by atoms with Crippen molar-refractivity contribution in [2.75, 3.05) is 18.0 Å². The molecular weight excluding hydrogens is 198 g/mol. The Morgan fingerprint density at radius 3 is 2.56 bits per heavy atom. The van der Waals surface area contributed by atoms with Gasteiger partial charge in [0, 0.05) is 19.1 Å². The van der Waals surface area contributed by atoms with E-state index in [9.17, 15) is 0 Å². The minimum Gasteiger partial charge on any atom is -0.371 e. The lowest BCUT2D eigenvalue weighted by Crippen LogP contribution is -2.24. The number of nitrogens with zero attached hydrogens (tertiary/aromatic N) is 2. The zero-order valence-corrected chi connectivity index (χ0v) is 10.6. The van der Waals surface area contributed by atoms with E-state index < -0.39 is 0 Å². The van der Waals surface area contributed by atoms with Gasteiger partial charge < -0.3 is 10.6 Å². The van der Waals surface area contributed by atoms with Crippen molar-refractivity contribution in [3.05, 3.63) is 24.0 Å². The van der Waals surface area contributed by atoms with Crippen molar-refractivity contribution in [2.24, 2.45) is 5.73 Å². The van der Waals surface area contributed by atoms with Crippen molar-refractivity contribution in [1.82, 2.24) is 4.98 Å². The first-order valence-electron chi connectivity index (χ1n) is 6.15. The van der Waals surface area contributed by atoms with Crippen LogP contribution < -0.4 is 10.6 Å². The Balaban J connectivity index is 2.70. The molecule has 1 aromatic rings. The number of pyridine rings is 1. The van der Waals surface area contributed by atoms with Gasteiger partial charge in [-0.15, -0.1) is 0 Å². The van der Waals surface area contributed by atoms with Crippen molar-refractivity contribution < 1.29 is 0 Å². The number of hydrogen-bond donors (Lipinski definition) is 1. The van der Waals surface area contributed by atoms with E-state index in [-0.39, 0.29) is 6.04 Å². The van der Waals surface area contributed by atoms with Gasteiger partial charge >= 0.3 is 0 Å². The van der Waals surface area contributed by atoms with E-state index in [2.05, 4.69) is 29.8 Å². The van der Waals surface area contributed by atoms with Crippen LogP contribution in [0.3, 0.4) is 0 Å². The van der Waals surface area contributed by atoms with Gasteiger partial charge in [0.2, 0.25) is 0 Å². The van der Waals surface area contributed by atoms with Gasteiger partial charge in [-0.3, -0.25) is 4.98 Å². The highest BCUT2D eigenvalue weighted by Gasteiger charge is 2.05.